The molecule has 0 aromatic rings. The van der Waals surface area contributed by atoms with Gasteiger partial charge in [-0.05, 0) is 25.2 Å². The summed E-state index contributed by atoms with van der Waals surface area (Å²) < 4.78 is 5.66. The zero-order valence-corrected chi connectivity index (χ0v) is 12.7. The van der Waals surface area contributed by atoms with Crippen molar-refractivity contribution in [1.82, 2.24) is 10.6 Å². The largest absolute Gasteiger partial charge is 0.373 e. The first-order chi connectivity index (χ1) is 8.97. The van der Waals surface area contributed by atoms with Crippen LogP contribution in [0, 0.1) is 5.92 Å². The summed E-state index contributed by atoms with van der Waals surface area (Å²) in [5.41, 5.74) is 5.70. The molecule has 7 heteroatoms. The van der Waals surface area contributed by atoms with Gasteiger partial charge in [0.25, 0.3) is 0 Å². The van der Waals surface area contributed by atoms with Gasteiger partial charge in [-0.3, -0.25) is 9.59 Å². The van der Waals surface area contributed by atoms with Crippen LogP contribution in [0.3, 0.4) is 0 Å². The molecule has 2 saturated heterocycles. The fraction of sp³-hybridized carbons (Fsp3) is 0.846. The molecule has 0 unspecified atom stereocenters. The molecule has 0 radical (unpaired) electrons. The Morgan fingerprint density at radius 1 is 1.35 bits per heavy atom. The summed E-state index contributed by atoms with van der Waals surface area (Å²) in [5.74, 6) is -0.401. The molecule has 0 aromatic heterocycles. The molecule has 2 aliphatic heterocycles. The normalized spacial score (nSPS) is 28.9. The minimum atomic E-state index is -0.571. The number of fused-ring (bicyclic) bond motifs is 2. The van der Waals surface area contributed by atoms with Gasteiger partial charge in [-0.1, -0.05) is 13.8 Å². The molecule has 6 nitrogen and oxygen atoms in total. The predicted octanol–water partition coefficient (Wildman–Crippen LogP) is -0.0562. The first-order valence-electron chi connectivity index (χ1n) is 6.95. The molecule has 0 aliphatic carbocycles. The average Bonchev–Trinajstić information content (AvgIpc) is 2.97. The molecule has 4 N–H and O–H groups in total. The Hall–Kier alpha value is -0.850. The number of hydrogen-bond acceptors (Lipinski definition) is 4. The van der Waals surface area contributed by atoms with Gasteiger partial charge in [0.15, 0.2) is 0 Å². The standard InChI is InChI=1S/C13H23N3O3.ClH/c1-7(2)12(14)13(18)15-6-11(17)16-9-5-8-3-4-10(9)19-8;/h7-10,12H,3-6,14H2,1-2H3,(H,15,18)(H,16,17);1H/t8-,9-,10+,12+;/m1./s1. The SMILES string of the molecule is CC(C)[C@H](N)C(=O)NCC(=O)N[C@@H]1C[C@H]2CC[C@@H]1O2.Cl. The van der Waals surface area contributed by atoms with Crippen LogP contribution in [0.1, 0.15) is 33.1 Å². The van der Waals surface area contributed by atoms with Crippen molar-refractivity contribution >= 4 is 24.2 Å². The fourth-order valence-electron chi connectivity index (χ4n) is 2.64. The molecule has 2 aliphatic rings. The van der Waals surface area contributed by atoms with E-state index in [1.54, 1.807) is 0 Å². The third-order valence-corrected chi connectivity index (χ3v) is 3.90. The zero-order chi connectivity index (χ0) is 14.0. The van der Waals surface area contributed by atoms with Crippen LogP contribution in [-0.2, 0) is 14.3 Å². The predicted molar refractivity (Wildman–Crippen MR) is 77.5 cm³/mol. The molecule has 2 bridgehead atoms. The third-order valence-electron chi connectivity index (χ3n) is 3.90. The van der Waals surface area contributed by atoms with Gasteiger partial charge < -0.3 is 21.1 Å². The van der Waals surface area contributed by atoms with Crippen molar-refractivity contribution in [3.05, 3.63) is 0 Å². The summed E-state index contributed by atoms with van der Waals surface area (Å²) >= 11 is 0. The van der Waals surface area contributed by atoms with Gasteiger partial charge in [-0.15, -0.1) is 12.4 Å². The highest BCUT2D eigenvalue weighted by molar-refractivity contribution is 5.87. The number of amides is 2. The molecular weight excluding hydrogens is 282 g/mol. The third kappa shape index (κ3) is 4.07. The van der Waals surface area contributed by atoms with Gasteiger partial charge in [-0.25, -0.2) is 0 Å². The van der Waals surface area contributed by atoms with Crippen LogP contribution in [0.5, 0.6) is 0 Å². The summed E-state index contributed by atoms with van der Waals surface area (Å²) in [5, 5.41) is 5.48. The van der Waals surface area contributed by atoms with E-state index in [4.69, 9.17) is 10.5 Å². The summed E-state index contributed by atoms with van der Waals surface area (Å²) in [6.45, 7) is 3.72. The van der Waals surface area contributed by atoms with Crippen LogP contribution in [0.4, 0.5) is 0 Å². The minimum absolute atomic E-state index is 0. The van der Waals surface area contributed by atoms with E-state index in [9.17, 15) is 9.59 Å². The van der Waals surface area contributed by atoms with Gasteiger partial charge in [0.05, 0.1) is 30.8 Å². The van der Waals surface area contributed by atoms with E-state index in [-0.39, 0.29) is 48.8 Å². The Labute approximate surface area is 125 Å². The number of carbonyl (C=O) groups is 2. The van der Waals surface area contributed by atoms with Gasteiger partial charge in [0.2, 0.25) is 11.8 Å². The lowest BCUT2D eigenvalue weighted by Gasteiger charge is -2.20. The van der Waals surface area contributed by atoms with Gasteiger partial charge in [0.1, 0.15) is 0 Å². The summed E-state index contributed by atoms with van der Waals surface area (Å²) in [7, 11) is 0. The average molecular weight is 306 g/mol. The topological polar surface area (TPSA) is 93.5 Å². The Morgan fingerprint density at radius 2 is 2.05 bits per heavy atom. The van der Waals surface area contributed by atoms with E-state index in [1.807, 2.05) is 13.8 Å². The summed E-state index contributed by atoms with van der Waals surface area (Å²) in [6.07, 6.45) is 3.45. The minimum Gasteiger partial charge on any atom is -0.373 e. The van der Waals surface area contributed by atoms with E-state index in [0.29, 0.717) is 6.10 Å². The Bertz CT molecular complexity index is 365. The number of nitrogens with two attached hydrogens (primary N) is 1. The maximum absolute atomic E-state index is 11.8. The molecule has 0 saturated carbocycles. The van der Waals surface area contributed by atoms with Crippen molar-refractivity contribution in [1.29, 1.82) is 0 Å². The smallest absolute Gasteiger partial charge is 0.239 e. The van der Waals surface area contributed by atoms with Crippen LogP contribution in [0.15, 0.2) is 0 Å². The van der Waals surface area contributed by atoms with Crippen molar-refractivity contribution in [2.24, 2.45) is 11.7 Å². The number of halogens is 1. The van der Waals surface area contributed by atoms with Crippen molar-refractivity contribution in [3.8, 4) is 0 Å². The van der Waals surface area contributed by atoms with Crippen molar-refractivity contribution < 1.29 is 14.3 Å². The molecule has 0 spiro atoms. The Kier molecular flexibility index (Phi) is 6.23. The van der Waals surface area contributed by atoms with Crippen molar-refractivity contribution in [2.75, 3.05) is 6.54 Å². The quantitative estimate of drug-likeness (QED) is 0.663. The molecule has 0 aromatic carbocycles. The highest BCUT2D eigenvalue weighted by Gasteiger charge is 2.41. The molecular formula is C13H24ClN3O3. The molecule has 4 atom stereocenters. The van der Waals surface area contributed by atoms with Gasteiger partial charge in [-0.2, -0.15) is 0 Å². The molecule has 2 amide bonds. The first kappa shape index (κ1) is 17.2. The second-order valence-corrected chi connectivity index (χ2v) is 5.77. The van der Waals surface area contributed by atoms with Crippen LogP contribution >= 0.6 is 12.4 Å². The maximum atomic E-state index is 11.8. The molecule has 2 rings (SSSR count). The summed E-state index contributed by atoms with van der Waals surface area (Å²) in [4.78, 5) is 23.4. The number of nitrogens with one attached hydrogen (secondary N) is 2. The number of rotatable bonds is 5. The fourth-order valence-corrected chi connectivity index (χ4v) is 2.64. The lowest BCUT2D eigenvalue weighted by molar-refractivity contribution is -0.127. The number of carbonyl (C=O) groups excluding carboxylic acids is 2. The molecule has 20 heavy (non-hydrogen) atoms. The van der Waals surface area contributed by atoms with E-state index in [2.05, 4.69) is 10.6 Å². The molecule has 2 fully saturated rings. The lowest BCUT2D eigenvalue weighted by atomic mass is 9.95. The highest BCUT2D eigenvalue weighted by atomic mass is 35.5. The maximum Gasteiger partial charge on any atom is 0.239 e. The molecule has 2 heterocycles. The molecule has 116 valence electrons. The van der Waals surface area contributed by atoms with Crippen LogP contribution in [0.25, 0.3) is 0 Å². The monoisotopic (exact) mass is 305 g/mol. The Morgan fingerprint density at radius 3 is 2.55 bits per heavy atom. The summed E-state index contributed by atoms with van der Waals surface area (Å²) in [6, 6.07) is -0.472. The van der Waals surface area contributed by atoms with E-state index >= 15 is 0 Å². The van der Waals surface area contributed by atoms with E-state index in [0.717, 1.165) is 19.3 Å². The van der Waals surface area contributed by atoms with Crippen LogP contribution in [-0.4, -0.2) is 42.7 Å². The van der Waals surface area contributed by atoms with Crippen LogP contribution in [0.2, 0.25) is 0 Å². The highest BCUT2D eigenvalue weighted by Crippen LogP contribution is 2.34. The van der Waals surface area contributed by atoms with Crippen molar-refractivity contribution in [2.45, 2.75) is 57.4 Å². The van der Waals surface area contributed by atoms with Crippen molar-refractivity contribution in [3.63, 3.8) is 0 Å². The number of hydrogen-bond donors (Lipinski definition) is 3. The second-order valence-electron chi connectivity index (χ2n) is 5.77. The van der Waals surface area contributed by atoms with Crippen LogP contribution < -0.4 is 16.4 Å². The van der Waals surface area contributed by atoms with Gasteiger partial charge >= 0.3 is 0 Å². The number of ether oxygens (including phenoxy) is 1. The second kappa shape index (κ2) is 7.24. The lowest BCUT2D eigenvalue weighted by Crippen LogP contribution is -2.49. The van der Waals surface area contributed by atoms with Gasteiger partial charge in [0, 0.05) is 0 Å². The van der Waals surface area contributed by atoms with E-state index < -0.39 is 6.04 Å². The zero-order valence-electron chi connectivity index (χ0n) is 11.9. The first-order valence-corrected chi connectivity index (χ1v) is 6.95. The van der Waals surface area contributed by atoms with E-state index in [1.165, 1.54) is 0 Å². The Balaban J connectivity index is 0.00000200.